The van der Waals surface area contributed by atoms with E-state index in [1.54, 1.807) is 35.2 Å². The topological polar surface area (TPSA) is 105 Å². The van der Waals surface area contributed by atoms with E-state index in [2.05, 4.69) is 26.6 Å². The van der Waals surface area contributed by atoms with Gasteiger partial charge in [0, 0.05) is 22.1 Å². The highest BCUT2D eigenvalue weighted by Crippen LogP contribution is 2.40. The Hall–Kier alpha value is -3.49. The third kappa shape index (κ3) is 6.23. The molecule has 3 amide bonds. The van der Waals surface area contributed by atoms with Crippen molar-refractivity contribution >= 4 is 45.0 Å². The summed E-state index contributed by atoms with van der Waals surface area (Å²) in [6.07, 6.45) is 4.50. The second kappa shape index (κ2) is 12.1. The van der Waals surface area contributed by atoms with Gasteiger partial charge in [0.25, 0.3) is 11.8 Å². The van der Waals surface area contributed by atoms with Crippen molar-refractivity contribution < 1.29 is 14.4 Å². The minimum atomic E-state index is -0.514. The Balaban J connectivity index is 1.46. The summed E-state index contributed by atoms with van der Waals surface area (Å²) in [6, 6.07) is 21.4. The number of rotatable bonds is 6. The quantitative estimate of drug-likeness (QED) is 0.345. The van der Waals surface area contributed by atoms with Gasteiger partial charge in [-0.25, -0.2) is 0 Å². The summed E-state index contributed by atoms with van der Waals surface area (Å²) in [5, 5.41) is 6.02. The van der Waals surface area contributed by atoms with Gasteiger partial charge in [0.2, 0.25) is 5.91 Å². The smallest absolute Gasteiger partial charge is 0.258 e. The monoisotopic (exact) mass is 588 g/mol. The molecule has 1 heterocycles. The van der Waals surface area contributed by atoms with Crippen molar-refractivity contribution in [1.29, 1.82) is 0 Å². The van der Waals surface area contributed by atoms with Gasteiger partial charge in [-0.05, 0) is 79.6 Å². The molecule has 3 atom stereocenters. The van der Waals surface area contributed by atoms with Crippen LogP contribution in [0.25, 0.3) is 0 Å². The van der Waals surface area contributed by atoms with Crippen LogP contribution in [0.5, 0.6) is 0 Å². The lowest BCUT2D eigenvalue weighted by molar-refractivity contribution is -0.116. The highest BCUT2D eigenvalue weighted by molar-refractivity contribution is 9.10. The van der Waals surface area contributed by atoms with E-state index in [9.17, 15) is 14.4 Å². The minimum Gasteiger partial charge on any atom is -0.352 e. The van der Waals surface area contributed by atoms with Crippen molar-refractivity contribution in [2.45, 2.75) is 38.1 Å². The van der Waals surface area contributed by atoms with E-state index < -0.39 is 6.04 Å². The Kier molecular flexibility index (Phi) is 8.43. The molecule has 202 valence electrons. The number of anilines is 2. The summed E-state index contributed by atoms with van der Waals surface area (Å²) in [5.41, 5.74) is 8.65. The van der Waals surface area contributed by atoms with Crippen LogP contribution < -0.4 is 21.3 Å². The molecule has 0 bridgehead atoms. The zero-order valence-electron chi connectivity index (χ0n) is 21.7. The summed E-state index contributed by atoms with van der Waals surface area (Å²) in [7, 11) is 0. The van der Waals surface area contributed by atoms with Crippen LogP contribution in [0.15, 0.2) is 77.3 Å². The molecule has 0 saturated heterocycles. The van der Waals surface area contributed by atoms with Crippen LogP contribution in [-0.2, 0) is 4.79 Å². The lowest BCUT2D eigenvalue weighted by Crippen LogP contribution is -2.35. The number of nitrogens with one attached hydrogen (secondary N) is 2. The number of nitrogens with two attached hydrogens (primary N) is 1. The van der Waals surface area contributed by atoms with Crippen LogP contribution in [0, 0.1) is 11.8 Å². The van der Waals surface area contributed by atoms with Crippen LogP contribution in [0.2, 0.25) is 0 Å². The number of hydrogen-bond acceptors (Lipinski definition) is 4. The number of nitrogens with zero attached hydrogens (tertiary/aromatic N) is 1. The van der Waals surface area contributed by atoms with Gasteiger partial charge in [-0.15, -0.1) is 0 Å². The fourth-order valence-electron chi connectivity index (χ4n) is 5.72. The van der Waals surface area contributed by atoms with Gasteiger partial charge in [0.05, 0.1) is 23.8 Å². The summed E-state index contributed by atoms with van der Waals surface area (Å²) < 4.78 is 0.789. The molecule has 8 heteroatoms. The molecule has 2 aliphatic rings. The van der Waals surface area contributed by atoms with Crippen molar-refractivity contribution in [1.82, 2.24) is 5.32 Å². The van der Waals surface area contributed by atoms with E-state index in [0.717, 1.165) is 35.7 Å². The van der Waals surface area contributed by atoms with Gasteiger partial charge < -0.3 is 16.4 Å². The molecule has 1 saturated carbocycles. The lowest BCUT2D eigenvalue weighted by atomic mass is 9.81. The molecule has 0 spiro atoms. The first-order valence-corrected chi connectivity index (χ1v) is 14.3. The molecule has 3 aromatic rings. The SMILES string of the molecule is NCC1CCCC(CNC(=O)c2ccc3c(c2)NC(=O)CC(c2ccccc2)N3C(=O)c2cccc(Br)c2)C1. The van der Waals surface area contributed by atoms with E-state index in [0.29, 0.717) is 47.4 Å². The molecule has 1 aliphatic carbocycles. The van der Waals surface area contributed by atoms with Crippen molar-refractivity contribution in [3.63, 3.8) is 0 Å². The first-order valence-electron chi connectivity index (χ1n) is 13.5. The number of carbonyl (C=O) groups excluding carboxylic acids is 3. The van der Waals surface area contributed by atoms with Crippen LogP contribution >= 0.6 is 15.9 Å². The molecule has 5 rings (SSSR count). The third-order valence-corrected chi connectivity index (χ3v) is 8.23. The lowest BCUT2D eigenvalue weighted by Gasteiger charge is -2.31. The van der Waals surface area contributed by atoms with Crippen LogP contribution in [0.3, 0.4) is 0 Å². The summed E-state index contributed by atoms with van der Waals surface area (Å²) >= 11 is 3.46. The van der Waals surface area contributed by atoms with Crippen molar-refractivity contribution in [2.24, 2.45) is 17.6 Å². The van der Waals surface area contributed by atoms with Crippen molar-refractivity contribution in [2.75, 3.05) is 23.3 Å². The Morgan fingerprint density at radius 1 is 0.974 bits per heavy atom. The fraction of sp³-hybridized carbons (Fsp3) is 0.323. The Morgan fingerprint density at radius 2 is 1.77 bits per heavy atom. The highest BCUT2D eigenvalue weighted by atomic mass is 79.9. The predicted molar refractivity (Wildman–Crippen MR) is 157 cm³/mol. The number of amides is 3. The molecule has 0 radical (unpaired) electrons. The average Bonchev–Trinajstić information content (AvgIpc) is 3.11. The minimum absolute atomic E-state index is 0.0873. The van der Waals surface area contributed by atoms with Crippen molar-refractivity contribution in [3.05, 3.63) is 94.0 Å². The molecule has 4 N–H and O–H groups in total. The normalized spacial score (nSPS) is 20.9. The first-order chi connectivity index (χ1) is 18.9. The average molecular weight is 590 g/mol. The fourth-order valence-corrected chi connectivity index (χ4v) is 6.12. The second-order valence-electron chi connectivity index (χ2n) is 10.4. The summed E-state index contributed by atoms with van der Waals surface area (Å²) in [5.74, 6) is 0.293. The number of hydrogen-bond donors (Lipinski definition) is 3. The van der Waals surface area contributed by atoms with Gasteiger partial charge in [-0.1, -0.05) is 58.7 Å². The molecular weight excluding hydrogens is 556 g/mol. The molecule has 1 aliphatic heterocycles. The molecule has 0 aromatic heterocycles. The second-order valence-corrected chi connectivity index (χ2v) is 11.4. The van der Waals surface area contributed by atoms with Crippen LogP contribution in [-0.4, -0.2) is 30.8 Å². The van der Waals surface area contributed by atoms with E-state index >= 15 is 0 Å². The predicted octanol–water partition coefficient (Wildman–Crippen LogP) is 5.67. The number of benzene rings is 3. The van der Waals surface area contributed by atoms with Gasteiger partial charge in [0.15, 0.2) is 0 Å². The highest BCUT2D eigenvalue weighted by Gasteiger charge is 2.34. The van der Waals surface area contributed by atoms with E-state index in [-0.39, 0.29) is 24.1 Å². The summed E-state index contributed by atoms with van der Waals surface area (Å²) in [4.78, 5) is 41.9. The van der Waals surface area contributed by atoms with Crippen molar-refractivity contribution in [3.8, 4) is 0 Å². The van der Waals surface area contributed by atoms with Crippen LogP contribution in [0.1, 0.15) is 64.4 Å². The number of carbonyl (C=O) groups is 3. The standard InChI is InChI=1S/C31H33BrN4O3/c32-25-11-5-10-24(15-25)31(39)36-27-13-12-23(30(38)34-19-21-7-4-6-20(14-21)18-33)16-26(27)35-29(37)17-28(36)22-8-2-1-3-9-22/h1-3,5,8-13,15-16,20-21,28H,4,6-7,14,17-19,33H2,(H,34,38)(H,35,37). The molecule has 3 aromatic carbocycles. The molecule has 7 nitrogen and oxygen atoms in total. The number of fused-ring (bicyclic) bond motifs is 1. The summed E-state index contributed by atoms with van der Waals surface area (Å²) in [6.45, 7) is 1.29. The molecule has 1 fully saturated rings. The third-order valence-electron chi connectivity index (χ3n) is 7.73. The maximum atomic E-state index is 14.0. The zero-order valence-corrected chi connectivity index (χ0v) is 23.3. The van der Waals surface area contributed by atoms with Crippen LogP contribution in [0.4, 0.5) is 11.4 Å². The first kappa shape index (κ1) is 27.1. The molecule has 39 heavy (non-hydrogen) atoms. The van der Waals surface area contributed by atoms with Gasteiger partial charge in [-0.3, -0.25) is 19.3 Å². The largest absolute Gasteiger partial charge is 0.352 e. The van der Waals surface area contributed by atoms with Gasteiger partial charge in [0.1, 0.15) is 0 Å². The molecule has 3 unspecified atom stereocenters. The van der Waals surface area contributed by atoms with Gasteiger partial charge >= 0.3 is 0 Å². The number of halogens is 1. The maximum absolute atomic E-state index is 14.0. The Labute approximate surface area is 237 Å². The Bertz CT molecular complexity index is 1360. The maximum Gasteiger partial charge on any atom is 0.258 e. The van der Waals surface area contributed by atoms with E-state index in [1.807, 2.05) is 42.5 Å². The Morgan fingerprint density at radius 3 is 2.54 bits per heavy atom. The van der Waals surface area contributed by atoms with E-state index in [1.165, 1.54) is 0 Å². The molecular formula is C31H33BrN4O3. The zero-order chi connectivity index (χ0) is 27.4. The van der Waals surface area contributed by atoms with E-state index in [4.69, 9.17) is 5.73 Å². The van der Waals surface area contributed by atoms with Gasteiger partial charge in [-0.2, -0.15) is 0 Å².